The summed E-state index contributed by atoms with van der Waals surface area (Å²) in [6.45, 7) is 0. The number of carbonyl (C=O) groups excluding carboxylic acids is 1. The van der Waals surface area contributed by atoms with Crippen LogP contribution in [0.3, 0.4) is 0 Å². The summed E-state index contributed by atoms with van der Waals surface area (Å²) in [6, 6.07) is 2.23. The number of nitrogens with one attached hydrogen (secondary N) is 1. The van der Waals surface area contributed by atoms with Crippen molar-refractivity contribution in [3.63, 3.8) is 0 Å². The second-order valence-corrected chi connectivity index (χ2v) is 5.78. The van der Waals surface area contributed by atoms with Gasteiger partial charge in [0.2, 0.25) is 0 Å². The summed E-state index contributed by atoms with van der Waals surface area (Å²) in [5.74, 6) is -4.63. The van der Waals surface area contributed by atoms with Crippen molar-refractivity contribution in [1.82, 2.24) is 5.32 Å². The first-order valence-electron chi connectivity index (χ1n) is 6.99. The molecule has 2 aliphatic rings. The van der Waals surface area contributed by atoms with Gasteiger partial charge in [-0.1, -0.05) is 6.42 Å². The Morgan fingerprint density at radius 2 is 1.60 bits per heavy atom. The molecule has 2 atom stereocenters. The number of piperidine rings is 2. The van der Waals surface area contributed by atoms with E-state index >= 15 is 0 Å². The smallest absolute Gasteiger partial charge is 0.194 e. The van der Waals surface area contributed by atoms with Crippen molar-refractivity contribution in [3.8, 4) is 0 Å². The molecule has 1 aromatic carbocycles. The van der Waals surface area contributed by atoms with E-state index in [0.29, 0.717) is 24.9 Å². The van der Waals surface area contributed by atoms with Crippen LogP contribution in [0.1, 0.15) is 42.5 Å². The molecule has 2 bridgehead atoms. The maximum Gasteiger partial charge on any atom is 0.194 e. The van der Waals surface area contributed by atoms with E-state index in [0.717, 1.165) is 31.4 Å². The van der Waals surface area contributed by atoms with Crippen molar-refractivity contribution in [1.29, 1.82) is 0 Å². The van der Waals surface area contributed by atoms with Gasteiger partial charge in [0.25, 0.3) is 0 Å². The van der Waals surface area contributed by atoms with E-state index in [4.69, 9.17) is 0 Å². The number of carbonyl (C=O) groups is 1. The van der Waals surface area contributed by atoms with E-state index < -0.39 is 17.5 Å². The summed E-state index contributed by atoms with van der Waals surface area (Å²) in [5.41, 5.74) is -0.0635. The number of rotatable bonds is 2. The van der Waals surface area contributed by atoms with E-state index in [9.17, 15) is 18.0 Å². The normalized spacial score (nSPS) is 29.2. The summed E-state index contributed by atoms with van der Waals surface area (Å²) in [5, 5.41) is 3.46. The standard InChI is InChI=1S/C15H16F3NO/c16-12-6-9(7-13(17)14(12)18)15(20)8-4-10-2-1-3-11(5-8)19-10/h6-8,10-11,19H,1-5H2. The van der Waals surface area contributed by atoms with Crippen LogP contribution in [0, 0.1) is 23.4 Å². The van der Waals surface area contributed by atoms with E-state index in [1.807, 2.05) is 0 Å². The fourth-order valence-electron chi connectivity index (χ4n) is 3.41. The van der Waals surface area contributed by atoms with Gasteiger partial charge in [-0.25, -0.2) is 13.2 Å². The average molecular weight is 283 g/mol. The number of hydrogen-bond donors (Lipinski definition) is 1. The van der Waals surface area contributed by atoms with Gasteiger partial charge in [-0.05, 0) is 37.8 Å². The summed E-state index contributed by atoms with van der Waals surface area (Å²) in [4.78, 5) is 12.4. The van der Waals surface area contributed by atoms with Crippen LogP contribution in [0.15, 0.2) is 12.1 Å². The molecule has 2 saturated heterocycles. The Hall–Kier alpha value is -1.36. The molecule has 0 radical (unpaired) electrons. The molecule has 3 rings (SSSR count). The van der Waals surface area contributed by atoms with Crippen LogP contribution >= 0.6 is 0 Å². The molecule has 2 nitrogen and oxygen atoms in total. The third-order valence-electron chi connectivity index (χ3n) is 4.35. The highest BCUT2D eigenvalue weighted by Gasteiger charge is 2.35. The van der Waals surface area contributed by atoms with Crippen LogP contribution in [0.5, 0.6) is 0 Å². The SMILES string of the molecule is O=C(c1cc(F)c(F)c(F)c1)C1CC2CCCC(C1)N2. The van der Waals surface area contributed by atoms with Crippen LogP contribution < -0.4 is 5.32 Å². The van der Waals surface area contributed by atoms with Gasteiger partial charge in [0.05, 0.1) is 0 Å². The largest absolute Gasteiger partial charge is 0.311 e. The van der Waals surface area contributed by atoms with Gasteiger partial charge in [0.15, 0.2) is 23.2 Å². The fourth-order valence-corrected chi connectivity index (χ4v) is 3.41. The monoisotopic (exact) mass is 283 g/mol. The Morgan fingerprint density at radius 3 is 2.15 bits per heavy atom. The van der Waals surface area contributed by atoms with Gasteiger partial charge in [0.1, 0.15) is 0 Å². The number of benzene rings is 1. The van der Waals surface area contributed by atoms with Crippen LogP contribution in [0.4, 0.5) is 13.2 Å². The van der Waals surface area contributed by atoms with Gasteiger partial charge in [0, 0.05) is 23.6 Å². The molecule has 2 aliphatic heterocycles. The van der Waals surface area contributed by atoms with Gasteiger partial charge < -0.3 is 5.32 Å². The molecule has 5 heteroatoms. The quantitative estimate of drug-likeness (QED) is 0.667. The lowest BCUT2D eigenvalue weighted by molar-refractivity contribution is 0.0824. The maximum atomic E-state index is 13.2. The van der Waals surface area contributed by atoms with Crippen LogP contribution in [0.2, 0.25) is 0 Å². The number of fused-ring (bicyclic) bond motifs is 2. The zero-order valence-corrected chi connectivity index (χ0v) is 11.0. The molecule has 2 heterocycles. The zero-order valence-electron chi connectivity index (χ0n) is 11.0. The van der Waals surface area contributed by atoms with Crippen molar-refractivity contribution in [2.24, 2.45) is 5.92 Å². The highest BCUT2D eigenvalue weighted by atomic mass is 19.2. The number of ketones is 1. The molecule has 0 aromatic heterocycles. The predicted octanol–water partition coefficient (Wildman–Crippen LogP) is 3.21. The maximum absolute atomic E-state index is 13.2. The highest BCUT2D eigenvalue weighted by Crippen LogP contribution is 2.32. The topological polar surface area (TPSA) is 29.1 Å². The minimum atomic E-state index is -1.52. The Labute approximate surface area is 115 Å². The van der Waals surface area contributed by atoms with Gasteiger partial charge in [-0.15, -0.1) is 0 Å². The van der Waals surface area contributed by atoms with Crippen molar-refractivity contribution < 1.29 is 18.0 Å². The van der Waals surface area contributed by atoms with Crippen molar-refractivity contribution in [3.05, 3.63) is 35.1 Å². The lowest BCUT2D eigenvalue weighted by Crippen LogP contribution is -2.50. The molecular formula is C15H16F3NO. The van der Waals surface area contributed by atoms with E-state index in [1.54, 1.807) is 0 Å². The molecule has 1 N–H and O–H groups in total. The van der Waals surface area contributed by atoms with E-state index in [1.165, 1.54) is 0 Å². The predicted molar refractivity (Wildman–Crippen MR) is 67.9 cm³/mol. The summed E-state index contributed by atoms with van der Waals surface area (Å²) >= 11 is 0. The van der Waals surface area contributed by atoms with Crippen molar-refractivity contribution in [2.45, 2.75) is 44.2 Å². The minimum absolute atomic E-state index is 0.0635. The second-order valence-electron chi connectivity index (χ2n) is 5.78. The first kappa shape index (κ1) is 13.6. The molecule has 108 valence electrons. The average Bonchev–Trinajstić information content (AvgIpc) is 2.43. The lowest BCUT2D eigenvalue weighted by Gasteiger charge is -2.39. The Morgan fingerprint density at radius 1 is 1.05 bits per heavy atom. The number of halogens is 3. The van der Waals surface area contributed by atoms with E-state index in [-0.39, 0.29) is 17.3 Å². The Balaban J connectivity index is 1.82. The third-order valence-corrected chi connectivity index (χ3v) is 4.35. The molecule has 20 heavy (non-hydrogen) atoms. The highest BCUT2D eigenvalue weighted by molar-refractivity contribution is 5.98. The van der Waals surface area contributed by atoms with Gasteiger partial charge >= 0.3 is 0 Å². The molecule has 0 amide bonds. The molecule has 1 aromatic rings. The van der Waals surface area contributed by atoms with E-state index in [2.05, 4.69) is 5.32 Å². The molecule has 0 aliphatic carbocycles. The van der Waals surface area contributed by atoms with Crippen molar-refractivity contribution in [2.75, 3.05) is 0 Å². The Kier molecular flexibility index (Phi) is 3.54. The molecule has 2 fully saturated rings. The molecular weight excluding hydrogens is 267 g/mol. The number of hydrogen-bond acceptors (Lipinski definition) is 2. The fraction of sp³-hybridized carbons (Fsp3) is 0.533. The van der Waals surface area contributed by atoms with Crippen molar-refractivity contribution >= 4 is 5.78 Å². The zero-order chi connectivity index (χ0) is 14.3. The first-order chi connectivity index (χ1) is 9.54. The first-order valence-corrected chi connectivity index (χ1v) is 6.99. The van der Waals surface area contributed by atoms with Gasteiger partial charge in [-0.2, -0.15) is 0 Å². The lowest BCUT2D eigenvalue weighted by atomic mass is 9.77. The third kappa shape index (κ3) is 2.46. The van der Waals surface area contributed by atoms with Crippen LogP contribution in [-0.4, -0.2) is 17.9 Å². The molecule has 0 spiro atoms. The second kappa shape index (κ2) is 5.20. The van der Waals surface area contributed by atoms with Gasteiger partial charge in [-0.3, -0.25) is 4.79 Å². The van der Waals surface area contributed by atoms with Crippen LogP contribution in [-0.2, 0) is 0 Å². The molecule has 0 saturated carbocycles. The minimum Gasteiger partial charge on any atom is -0.311 e. The summed E-state index contributed by atoms with van der Waals surface area (Å²) < 4.78 is 39.4. The Bertz CT molecular complexity index is 511. The molecule has 2 unspecified atom stereocenters. The number of Topliss-reactive ketones (excluding diaryl/α,β-unsaturated/α-hetero) is 1. The summed E-state index contributed by atoms with van der Waals surface area (Å²) in [6.07, 6.45) is 4.60. The van der Waals surface area contributed by atoms with Crippen LogP contribution in [0.25, 0.3) is 0 Å². The summed E-state index contributed by atoms with van der Waals surface area (Å²) in [7, 11) is 0.